The molecule has 1 aliphatic heterocycles. The summed E-state index contributed by atoms with van der Waals surface area (Å²) in [7, 11) is 1.44. The Morgan fingerprint density at radius 1 is 1.15 bits per heavy atom. The fourth-order valence-electron chi connectivity index (χ4n) is 6.43. The third kappa shape index (κ3) is 2.07. The van der Waals surface area contributed by atoms with Gasteiger partial charge in [0.25, 0.3) is 0 Å². The van der Waals surface area contributed by atoms with Gasteiger partial charge in [0.2, 0.25) is 11.6 Å². The SMILES string of the molecule is COC1=CC(=O)C2=C(CC3(C)C(C)CCC4C(C)(C)CCCC43O2)C1=O. The zero-order chi connectivity index (χ0) is 18.9. The van der Waals surface area contributed by atoms with Crippen molar-refractivity contribution in [3.63, 3.8) is 0 Å². The van der Waals surface area contributed by atoms with Crippen LogP contribution < -0.4 is 0 Å². The molecule has 4 aliphatic rings. The van der Waals surface area contributed by atoms with Crippen molar-refractivity contribution >= 4 is 11.6 Å². The maximum absolute atomic E-state index is 12.9. The Bertz CT molecular complexity index is 743. The Morgan fingerprint density at radius 3 is 2.58 bits per heavy atom. The maximum Gasteiger partial charge on any atom is 0.227 e. The van der Waals surface area contributed by atoms with Crippen molar-refractivity contribution < 1.29 is 19.1 Å². The van der Waals surface area contributed by atoms with Crippen LogP contribution in [0, 0.1) is 22.7 Å². The number of ketones is 2. The number of hydrogen-bond acceptors (Lipinski definition) is 4. The van der Waals surface area contributed by atoms with Crippen LogP contribution in [0.15, 0.2) is 23.2 Å². The number of methoxy groups -OCH3 is 1. The van der Waals surface area contributed by atoms with Crippen molar-refractivity contribution in [2.45, 2.75) is 71.8 Å². The summed E-state index contributed by atoms with van der Waals surface area (Å²) in [5.41, 5.74) is 0.226. The molecule has 0 N–H and O–H groups in total. The summed E-state index contributed by atoms with van der Waals surface area (Å²) < 4.78 is 11.8. The summed E-state index contributed by atoms with van der Waals surface area (Å²) in [6.07, 6.45) is 7.47. The second-order valence-electron chi connectivity index (χ2n) is 9.67. The molecule has 0 aromatic heterocycles. The minimum atomic E-state index is -0.348. The molecule has 0 saturated heterocycles. The lowest BCUT2D eigenvalue weighted by Gasteiger charge is -2.66. The summed E-state index contributed by atoms with van der Waals surface area (Å²) in [6, 6.07) is 0. The van der Waals surface area contributed by atoms with Crippen LogP contribution in [0.3, 0.4) is 0 Å². The van der Waals surface area contributed by atoms with Crippen molar-refractivity contribution in [2.24, 2.45) is 22.7 Å². The maximum atomic E-state index is 12.9. The van der Waals surface area contributed by atoms with E-state index >= 15 is 0 Å². The lowest BCUT2D eigenvalue weighted by molar-refractivity contribution is -0.237. The summed E-state index contributed by atoms with van der Waals surface area (Å²) in [4.78, 5) is 25.6. The van der Waals surface area contributed by atoms with Gasteiger partial charge in [-0.2, -0.15) is 0 Å². The summed E-state index contributed by atoms with van der Waals surface area (Å²) in [5, 5.41) is 0. The molecule has 26 heavy (non-hydrogen) atoms. The number of hydrogen-bond donors (Lipinski definition) is 0. The fourth-order valence-corrected chi connectivity index (χ4v) is 6.43. The lowest BCUT2D eigenvalue weighted by Crippen LogP contribution is -2.66. The van der Waals surface area contributed by atoms with Crippen LogP contribution in [0.5, 0.6) is 0 Å². The molecule has 4 rings (SSSR count). The van der Waals surface area contributed by atoms with Crippen molar-refractivity contribution in [3.8, 4) is 0 Å². The van der Waals surface area contributed by atoms with Crippen LogP contribution in [-0.2, 0) is 19.1 Å². The van der Waals surface area contributed by atoms with Crippen LogP contribution in [0.4, 0.5) is 0 Å². The molecule has 2 fully saturated rings. The largest absolute Gasteiger partial charge is 0.493 e. The topological polar surface area (TPSA) is 52.6 Å². The molecule has 0 aromatic rings. The summed E-state index contributed by atoms with van der Waals surface area (Å²) in [5.74, 6) is 0.901. The first kappa shape index (κ1) is 17.8. The molecule has 3 aliphatic carbocycles. The Morgan fingerprint density at radius 2 is 1.88 bits per heavy atom. The monoisotopic (exact) mass is 358 g/mol. The first-order valence-electron chi connectivity index (χ1n) is 9.93. The van der Waals surface area contributed by atoms with E-state index in [1.165, 1.54) is 19.6 Å². The van der Waals surface area contributed by atoms with E-state index in [0.717, 1.165) is 25.7 Å². The van der Waals surface area contributed by atoms with Gasteiger partial charge in [-0.15, -0.1) is 0 Å². The fraction of sp³-hybridized carbons (Fsp3) is 0.727. The number of ether oxygens (including phenoxy) is 2. The van der Waals surface area contributed by atoms with Gasteiger partial charge in [-0.1, -0.05) is 27.7 Å². The molecule has 0 radical (unpaired) electrons. The van der Waals surface area contributed by atoms with Crippen LogP contribution >= 0.6 is 0 Å². The average molecular weight is 358 g/mol. The molecule has 4 nitrogen and oxygen atoms in total. The second-order valence-corrected chi connectivity index (χ2v) is 9.67. The zero-order valence-electron chi connectivity index (χ0n) is 16.6. The van der Waals surface area contributed by atoms with E-state index in [4.69, 9.17) is 9.47 Å². The number of carbonyl (C=O) groups excluding carboxylic acids is 2. The molecule has 1 spiro atoms. The molecule has 4 heteroatoms. The molecule has 1 heterocycles. The van der Waals surface area contributed by atoms with Crippen molar-refractivity contribution in [2.75, 3.05) is 7.11 Å². The van der Waals surface area contributed by atoms with Crippen molar-refractivity contribution in [1.82, 2.24) is 0 Å². The van der Waals surface area contributed by atoms with Crippen LogP contribution in [0.25, 0.3) is 0 Å². The van der Waals surface area contributed by atoms with Crippen LogP contribution in [0.2, 0.25) is 0 Å². The highest BCUT2D eigenvalue weighted by Crippen LogP contribution is 2.67. The smallest absolute Gasteiger partial charge is 0.227 e. The highest BCUT2D eigenvalue weighted by atomic mass is 16.5. The highest BCUT2D eigenvalue weighted by molar-refractivity contribution is 6.21. The molecule has 4 atom stereocenters. The van der Waals surface area contributed by atoms with E-state index in [2.05, 4.69) is 27.7 Å². The Hall–Kier alpha value is -1.58. The van der Waals surface area contributed by atoms with Crippen molar-refractivity contribution in [3.05, 3.63) is 23.2 Å². The van der Waals surface area contributed by atoms with Gasteiger partial charge in [0.15, 0.2) is 11.5 Å². The van der Waals surface area contributed by atoms with Crippen LogP contribution in [-0.4, -0.2) is 24.3 Å². The lowest BCUT2D eigenvalue weighted by atomic mass is 9.44. The van der Waals surface area contributed by atoms with E-state index in [1.54, 1.807) is 0 Å². The molecule has 4 unspecified atom stereocenters. The number of Topliss-reactive ketones (excluding diaryl/α,β-unsaturated/α-hetero) is 1. The normalized spacial score (nSPS) is 41.5. The minimum Gasteiger partial charge on any atom is -0.493 e. The average Bonchev–Trinajstić information content (AvgIpc) is 2.58. The molecule has 2 saturated carbocycles. The Balaban J connectivity index is 1.87. The minimum absolute atomic E-state index is 0.140. The number of allylic oxidation sites excluding steroid dienone is 2. The van der Waals surface area contributed by atoms with E-state index in [1.807, 2.05) is 0 Å². The van der Waals surface area contributed by atoms with E-state index < -0.39 is 0 Å². The van der Waals surface area contributed by atoms with E-state index in [9.17, 15) is 9.59 Å². The third-order valence-corrected chi connectivity index (χ3v) is 8.12. The predicted octanol–water partition coefficient (Wildman–Crippen LogP) is 4.34. The molecule has 142 valence electrons. The molecular weight excluding hydrogens is 328 g/mol. The number of rotatable bonds is 1. The first-order chi connectivity index (χ1) is 12.2. The molecule has 0 bridgehead atoms. The van der Waals surface area contributed by atoms with Gasteiger partial charge in [0, 0.05) is 17.4 Å². The predicted molar refractivity (Wildman–Crippen MR) is 98.2 cm³/mol. The first-order valence-corrected chi connectivity index (χ1v) is 9.93. The molecule has 0 aromatic carbocycles. The molecular formula is C22H30O4. The van der Waals surface area contributed by atoms with Gasteiger partial charge >= 0.3 is 0 Å². The molecule has 0 amide bonds. The Labute approximate surface area is 156 Å². The standard InChI is InChI=1S/C22H30O4/c1-13-7-8-17-20(2,3)9-6-10-22(17)21(13,4)12-14-18(24)16(25-5)11-15(23)19(14)26-22/h11,13,17H,6-10,12H2,1-5H3. The van der Waals surface area contributed by atoms with Crippen molar-refractivity contribution in [1.29, 1.82) is 0 Å². The summed E-state index contributed by atoms with van der Waals surface area (Å²) >= 11 is 0. The quantitative estimate of drug-likeness (QED) is 0.654. The van der Waals surface area contributed by atoms with Crippen LogP contribution in [0.1, 0.15) is 66.2 Å². The van der Waals surface area contributed by atoms with Gasteiger partial charge in [-0.05, 0) is 49.9 Å². The Kier molecular flexibility index (Phi) is 3.74. The highest BCUT2D eigenvalue weighted by Gasteiger charge is 2.67. The van der Waals surface area contributed by atoms with Gasteiger partial charge in [-0.25, -0.2) is 0 Å². The number of carbonyl (C=O) groups is 2. The van der Waals surface area contributed by atoms with E-state index in [-0.39, 0.29) is 33.8 Å². The van der Waals surface area contributed by atoms with Gasteiger partial charge in [-0.3, -0.25) is 9.59 Å². The second kappa shape index (κ2) is 5.46. The van der Waals surface area contributed by atoms with Gasteiger partial charge in [0.05, 0.1) is 12.7 Å². The third-order valence-electron chi connectivity index (χ3n) is 8.12. The summed E-state index contributed by atoms with van der Waals surface area (Å²) in [6.45, 7) is 9.27. The zero-order valence-corrected chi connectivity index (χ0v) is 16.6. The van der Waals surface area contributed by atoms with E-state index in [0.29, 0.717) is 29.6 Å². The van der Waals surface area contributed by atoms with Gasteiger partial charge < -0.3 is 9.47 Å². The van der Waals surface area contributed by atoms with Gasteiger partial charge in [0.1, 0.15) is 5.60 Å².